The fourth-order valence-electron chi connectivity index (χ4n) is 3.44. The number of rotatable bonds is 4. The summed E-state index contributed by atoms with van der Waals surface area (Å²) in [4.78, 5) is 20.3. The third-order valence-electron chi connectivity index (χ3n) is 4.55. The molecule has 0 amide bonds. The van der Waals surface area contributed by atoms with Crippen molar-refractivity contribution in [3.63, 3.8) is 0 Å². The first-order chi connectivity index (χ1) is 12.3. The number of hydrogen-bond donors (Lipinski definition) is 1. The topological polar surface area (TPSA) is 64.1 Å². The van der Waals surface area contributed by atoms with Gasteiger partial charge in [0.2, 0.25) is 5.95 Å². The molecule has 1 heterocycles. The van der Waals surface area contributed by atoms with Crippen LogP contribution in [0.1, 0.15) is 47.3 Å². The average molecular weight is 333 g/mol. The summed E-state index contributed by atoms with van der Waals surface area (Å²) in [6, 6.07) is 8.49. The molecule has 0 fully saturated rings. The van der Waals surface area contributed by atoms with E-state index in [1.807, 2.05) is 0 Å². The monoisotopic (exact) mass is 333 g/mol. The van der Waals surface area contributed by atoms with Crippen LogP contribution in [0, 0.1) is 0 Å². The van der Waals surface area contributed by atoms with Gasteiger partial charge < -0.3 is 10.1 Å². The highest BCUT2D eigenvalue weighted by Gasteiger charge is 2.30. The second-order valence-corrected chi connectivity index (χ2v) is 6.06. The molecule has 1 atom stereocenters. The van der Waals surface area contributed by atoms with Crippen LogP contribution in [0.3, 0.4) is 0 Å². The number of nitrogens with zero attached hydrogens (tertiary/aromatic N) is 2. The molecule has 4 rings (SSSR count). The van der Waals surface area contributed by atoms with Crippen LogP contribution in [0.4, 0.5) is 5.95 Å². The zero-order chi connectivity index (χ0) is 17.2. The summed E-state index contributed by atoms with van der Waals surface area (Å²) in [5.74, 6) is 0.0982. The summed E-state index contributed by atoms with van der Waals surface area (Å²) < 4.78 is 4.96. The quantitative estimate of drug-likeness (QED) is 0.859. The van der Waals surface area contributed by atoms with E-state index in [0.717, 1.165) is 12.8 Å². The van der Waals surface area contributed by atoms with Crippen LogP contribution >= 0.6 is 0 Å². The smallest absolute Gasteiger partial charge is 0.341 e. The molecule has 1 aromatic carbocycles. The maximum atomic E-state index is 11.7. The number of fused-ring (bicyclic) bond motifs is 2. The molecule has 5 heteroatoms. The number of carbonyl (C=O) groups is 1. The molecule has 0 bridgehead atoms. The Hall–Kier alpha value is -2.95. The van der Waals surface area contributed by atoms with Gasteiger partial charge in [-0.05, 0) is 42.0 Å². The summed E-state index contributed by atoms with van der Waals surface area (Å²) >= 11 is 0. The van der Waals surface area contributed by atoms with E-state index in [1.54, 1.807) is 6.92 Å². The first kappa shape index (κ1) is 15.6. The van der Waals surface area contributed by atoms with Crippen molar-refractivity contribution in [2.24, 2.45) is 0 Å². The molecule has 0 aliphatic heterocycles. The first-order valence-corrected chi connectivity index (χ1v) is 8.52. The number of nitrogens with one attached hydrogen (secondary N) is 1. The SMILES string of the molecule is CCOC(=O)c1cnc(NC2C3=C(CCC=C3)c3ccccc32)nc1. The molecule has 2 aromatic rings. The van der Waals surface area contributed by atoms with Crippen molar-refractivity contribution >= 4 is 17.5 Å². The number of ether oxygens (including phenoxy) is 1. The van der Waals surface area contributed by atoms with Crippen LogP contribution in [-0.4, -0.2) is 22.5 Å². The largest absolute Gasteiger partial charge is 0.462 e. The van der Waals surface area contributed by atoms with E-state index in [4.69, 9.17) is 4.74 Å². The van der Waals surface area contributed by atoms with Crippen molar-refractivity contribution in [2.75, 3.05) is 11.9 Å². The molecule has 1 aromatic heterocycles. The molecule has 5 nitrogen and oxygen atoms in total. The number of esters is 1. The highest BCUT2D eigenvalue weighted by atomic mass is 16.5. The Kier molecular flexibility index (Phi) is 4.06. The van der Waals surface area contributed by atoms with Crippen LogP contribution in [0.25, 0.3) is 5.57 Å². The molecule has 2 aliphatic rings. The Morgan fingerprint density at radius 1 is 1.28 bits per heavy atom. The molecule has 2 aliphatic carbocycles. The average Bonchev–Trinajstić information content (AvgIpc) is 2.97. The molecular weight excluding hydrogens is 314 g/mol. The van der Waals surface area contributed by atoms with E-state index in [0.29, 0.717) is 18.1 Å². The third-order valence-corrected chi connectivity index (χ3v) is 4.55. The van der Waals surface area contributed by atoms with Crippen molar-refractivity contribution in [3.05, 3.63) is 71.1 Å². The Morgan fingerprint density at radius 2 is 2.08 bits per heavy atom. The molecule has 1 N–H and O–H groups in total. The number of hydrogen-bond acceptors (Lipinski definition) is 5. The van der Waals surface area contributed by atoms with Gasteiger partial charge in [0, 0.05) is 12.4 Å². The summed E-state index contributed by atoms with van der Waals surface area (Å²) in [5, 5.41) is 3.41. The van der Waals surface area contributed by atoms with Gasteiger partial charge in [0.1, 0.15) is 0 Å². The fourth-order valence-corrected chi connectivity index (χ4v) is 3.44. The van der Waals surface area contributed by atoms with E-state index in [2.05, 4.69) is 51.7 Å². The van der Waals surface area contributed by atoms with Crippen molar-refractivity contribution in [2.45, 2.75) is 25.8 Å². The van der Waals surface area contributed by atoms with Crippen LogP contribution in [0.15, 0.2) is 54.4 Å². The van der Waals surface area contributed by atoms with Crippen LogP contribution in [0.2, 0.25) is 0 Å². The van der Waals surface area contributed by atoms with Gasteiger partial charge in [0.25, 0.3) is 0 Å². The van der Waals surface area contributed by atoms with E-state index in [1.165, 1.54) is 34.7 Å². The normalized spacial score (nSPS) is 17.9. The minimum absolute atomic E-state index is 0.0381. The summed E-state index contributed by atoms with van der Waals surface area (Å²) in [7, 11) is 0. The standard InChI is InChI=1S/C20H19N3O2/c1-2-25-19(24)13-11-21-20(22-12-13)23-18-16-9-5-3-7-14(16)15-8-4-6-10-17(15)18/h3,5-7,9-12,18H,2,4,8H2,1H3,(H,21,22,23). The lowest BCUT2D eigenvalue weighted by Gasteiger charge is -2.18. The number of anilines is 1. The highest BCUT2D eigenvalue weighted by Crippen LogP contribution is 2.45. The molecule has 0 radical (unpaired) electrons. The maximum absolute atomic E-state index is 11.7. The summed E-state index contributed by atoms with van der Waals surface area (Å²) in [6.45, 7) is 2.11. The molecule has 0 spiro atoms. The lowest BCUT2D eigenvalue weighted by Crippen LogP contribution is -2.14. The van der Waals surface area contributed by atoms with Crippen molar-refractivity contribution < 1.29 is 9.53 Å². The second-order valence-electron chi connectivity index (χ2n) is 6.06. The fraction of sp³-hybridized carbons (Fsp3) is 0.250. The maximum Gasteiger partial charge on any atom is 0.341 e. The van der Waals surface area contributed by atoms with Crippen LogP contribution < -0.4 is 5.32 Å². The summed E-state index contributed by atoms with van der Waals surface area (Å²) in [6.07, 6.45) is 9.54. The van der Waals surface area contributed by atoms with Crippen LogP contribution in [0.5, 0.6) is 0 Å². The molecule has 1 unspecified atom stereocenters. The van der Waals surface area contributed by atoms with Gasteiger partial charge in [0.15, 0.2) is 0 Å². The predicted molar refractivity (Wildman–Crippen MR) is 96.1 cm³/mol. The Labute approximate surface area is 146 Å². The molecule has 0 saturated heterocycles. The highest BCUT2D eigenvalue weighted by molar-refractivity contribution is 5.88. The number of carbonyl (C=O) groups excluding carboxylic acids is 1. The van der Waals surface area contributed by atoms with Crippen molar-refractivity contribution in [1.29, 1.82) is 0 Å². The lowest BCUT2D eigenvalue weighted by molar-refractivity contribution is 0.0525. The van der Waals surface area contributed by atoms with Crippen molar-refractivity contribution in [1.82, 2.24) is 9.97 Å². The molecule has 126 valence electrons. The second kappa shape index (κ2) is 6.51. The van der Waals surface area contributed by atoms with Gasteiger partial charge in [-0.1, -0.05) is 36.4 Å². The van der Waals surface area contributed by atoms with Crippen LogP contribution in [-0.2, 0) is 4.74 Å². The minimum atomic E-state index is -0.402. The first-order valence-electron chi connectivity index (χ1n) is 8.52. The number of aromatic nitrogens is 2. The zero-order valence-corrected chi connectivity index (χ0v) is 14.0. The van der Waals surface area contributed by atoms with Gasteiger partial charge in [-0.15, -0.1) is 0 Å². The molecule has 0 saturated carbocycles. The number of allylic oxidation sites excluding steroid dienone is 2. The lowest BCUT2D eigenvalue weighted by atomic mass is 9.96. The third kappa shape index (κ3) is 2.82. The molecule has 25 heavy (non-hydrogen) atoms. The minimum Gasteiger partial charge on any atom is -0.462 e. The van der Waals surface area contributed by atoms with E-state index in [9.17, 15) is 4.79 Å². The van der Waals surface area contributed by atoms with Gasteiger partial charge in [-0.25, -0.2) is 14.8 Å². The van der Waals surface area contributed by atoms with Gasteiger partial charge in [-0.3, -0.25) is 0 Å². The van der Waals surface area contributed by atoms with Crippen molar-refractivity contribution in [3.8, 4) is 0 Å². The van der Waals surface area contributed by atoms with Gasteiger partial charge in [-0.2, -0.15) is 0 Å². The Morgan fingerprint density at radius 3 is 2.88 bits per heavy atom. The molecular formula is C20H19N3O2. The van der Waals surface area contributed by atoms with E-state index >= 15 is 0 Å². The van der Waals surface area contributed by atoms with E-state index in [-0.39, 0.29) is 6.04 Å². The Balaban J connectivity index is 1.61. The van der Waals surface area contributed by atoms with E-state index < -0.39 is 5.97 Å². The number of benzene rings is 1. The summed E-state index contributed by atoms with van der Waals surface area (Å²) in [5.41, 5.74) is 5.60. The Bertz CT molecular complexity index is 869. The van der Waals surface area contributed by atoms with Gasteiger partial charge in [0.05, 0.1) is 18.2 Å². The zero-order valence-electron chi connectivity index (χ0n) is 14.0. The van der Waals surface area contributed by atoms with Gasteiger partial charge >= 0.3 is 5.97 Å². The predicted octanol–water partition coefficient (Wildman–Crippen LogP) is 3.92.